The van der Waals surface area contributed by atoms with E-state index in [0.717, 1.165) is 6.42 Å². The van der Waals surface area contributed by atoms with Crippen molar-refractivity contribution in [3.8, 4) is 0 Å². The highest BCUT2D eigenvalue weighted by Gasteiger charge is 1.81. The largest absolute Gasteiger partial charge is 0.353 e. The molecule has 0 heterocycles. The summed E-state index contributed by atoms with van der Waals surface area (Å²) in [6, 6.07) is 9.25. The predicted octanol–water partition coefficient (Wildman–Crippen LogP) is 1.38. The highest BCUT2D eigenvalue weighted by Crippen LogP contribution is 1.96. The Balaban J connectivity index is 0.000000265. The average Bonchev–Trinajstić information content (AvgIpc) is 2.18. The number of rotatable bonds is 1. The molecule has 0 unspecified atom stereocenters. The molecular weight excluding hydrogens is 216 g/mol. The maximum Gasteiger partial charge on any atom is 0.353 e. The van der Waals surface area contributed by atoms with Crippen LogP contribution in [0.1, 0.15) is 12.5 Å². The van der Waals surface area contributed by atoms with Crippen LogP contribution >= 0.6 is 0 Å². The summed E-state index contributed by atoms with van der Waals surface area (Å²) in [7, 11) is -2.70. The van der Waals surface area contributed by atoms with Gasteiger partial charge in [0.1, 0.15) is 0 Å². The van der Waals surface area contributed by atoms with E-state index in [4.69, 9.17) is 0 Å². The summed E-state index contributed by atoms with van der Waals surface area (Å²) < 4.78 is 21.0. The van der Waals surface area contributed by atoms with Crippen LogP contribution in [0.3, 0.4) is 0 Å². The topological polar surface area (TPSA) is 89.6 Å². The van der Waals surface area contributed by atoms with Gasteiger partial charge >= 0.3 is 16.5 Å². The van der Waals surface area contributed by atoms with Gasteiger partial charge in [-0.1, -0.05) is 41.6 Å². The highest BCUT2D eigenvalue weighted by atomic mass is 32.2. The highest BCUT2D eigenvalue weighted by molar-refractivity contribution is 7.62. The maximum absolute atomic E-state index is 9.47. The second kappa shape index (κ2) is 7.69. The molecule has 0 radical (unpaired) electrons. The minimum absolute atomic E-state index is 1.14. The van der Waals surface area contributed by atoms with Crippen molar-refractivity contribution in [3.63, 3.8) is 0 Å². The van der Waals surface area contributed by atoms with E-state index in [2.05, 4.69) is 41.3 Å². The van der Waals surface area contributed by atoms with E-state index in [1.54, 1.807) is 0 Å². The summed E-state index contributed by atoms with van der Waals surface area (Å²) in [4.78, 5) is 9.47. The molecule has 0 aromatic heterocycles. The number of urea groups is 1. The van der Waals surface area contributed by atoms with E-state index in [1.165, 1.54) is 5.56 Å². The van der Waals surface area contributed by atoms with E-state index < -0.39 is 16.5 Å². The molecule has 82 valence electrons. The molecule has 1 aromatic carbocycles. The third kappa shape index (κ3) is 8.63. The van der Waals surface area contributed by atoms with Gasteiger partial charge in [-0.05, 0) is 12.0 Å². The Kier molecular flexibility index (Phi) is 6.82. The molecule has 2 N–H and O–H groups in total. The molecular formula is C9H12N2O3S. The Bertz CT molecular complexity index is 418. The number of aryl methyl sites for hydroxylation is 1. The molecule has 0 fully saturated rings. The maximum atomic E-state index is 9.47. The summed E-state index contributed by atoms with van der Waals surface area (Å²) in [5.41, 5.74) is 5.70. The molecule has 2 amide bonds. The van der Waals surface area contributed by atoms with Crippen LogP contribution in [0.5, 0.6) is 0 Å². The lowest BCUT2D eigenvalue weighted by atomic mass is 10.2. The zero-order valence-corrected chi connectivity index (χ0v) is 9.07. The number of benzene rings is 1. The number of primary amides is 1. The van der Waals surface area contributed by atoms with Gasteiger partial charge in [0, 0.05) is 0 Å². The van der Waals surface area contributed by atoms with Gasteiger partial charge in [-0.2, -0.15) is 8.42 Å². The van der Waals surface area contributed by atoms with Crippen molar-refractivity contribution in [3.05, 3.63) is 35.9 Å². The van der Waals surface area contributed by atoms with Crippen LogP contribution in [0.25, 0.3) is 0 Å². The normalized spacial score (nSPS) is 8.33. The molecule has 1 aromatic rings. The quantitative estimate of drug-likeness (QED) is 0.787. The third-order valence-electron chi connectivity index (χ3n) is 1.42. The predicted molar refractivity (Wildman–Crippen MR) is 56.8 cm³/mol. The molecule has 0 aliphatic heterocycles. The summed E-state index contributed by atoms with van der Waals surface area (Å²) in [6.07, 6.45) is 1.14. The molecule has 0 aliphatic carbocycles. The van der Waals surface area contributed by atoms with Crippen molar-refractivity contribution >= 4 is 16.5 Å². The van der Waals surface area contributed by atoms with Gasteiger partial charge < -0.3 is 5.73 Å². The molecule has 1 rings (SSSR count). The minimum atomic E-state index is -2.70. The average molecular weight is 228 g/mol. The number of amides is 2. The first-order valence-corrected chi connectivity index (χ1v) is 5.24. The van der Waals surface area contributed by atoms with E-state index in [1.807, 2.05) is 6.07 Å². The number of hydrogen-bond donors (Lipinski definition) is 1. The SMILES string of the molecule is CCc1ccccc1.NC(=O)N=S(=O)=O. The first-order valence-electron chi connectivity index (χ1n) is 4.20. The smallest absolute Gasteiger partial charge is 0.349 e. The van der Waals surface area contributed by atoms with Crippen LogP contribution in [-0.4, -0.2) is 14.4 Å². The van der Waals surface area contributed by atoms with Crippen molar-refractivity contribution < 1.29 is 13.2 Å². The molecule has 0 bridgehead atoms. The first-order chi connectivity index (χ1) is 7.06. The zero-order chi connectivity index (χ0) is 11.7. The van der Waals surface area contributed by atoms with Crippen molar-refractivity contribution in [2.24, 2.45) is 10.1 Å². The van der Waals surface area contributed by atoms with Crippen molar-refractivity contribution in [1.82, 2.24) is 0 Å². The van der Waals surface area contributed by atoms with Gasteiger partial charge in [0.2, 0.25) is 0 Å². The fourth-order valence-electron chi connectivity index (χ4n) is 0.787. The second-order valence-electron chi connectivity index (χ2n) is 2.49. The molecule has 5 nitrogen and oxygen atoms in total. The summed E-state index contributed by atoms with van der Waals surface area (Å²) >= 11 is 0. The van der Waals surface area contributed by atoms with Crippen LogP contribution < -0.4 is 5.73 Å². The van der Waals surface area contributed by atoms with Gasteiger partial charge in [0.25, 0.3) is 0 Å². The Morgan fingerprint density at radius 1 is 1.33 bits per heavy atom. The lowest BCUT2D eigenvalue weighted by molar-refractivity contribution is 0.257. The summed E-state index contributed by atoms with van der Waals surface area (Å²) in [5.74, 6) is 0. The van der Waals surface area contributed by atoms with Crippen molar-refractivity contribution in [2.75, 3.05) is 0 Å². The molecule has 6 heteroatoms. The second-order valence-corrected chi connectivity index (χ2v) is 3.10. The van der Waals surface area contributed by atoms with E-state index in [9.17, 15) is 13.2 Å². The van der Waals surface area contributed by atoms with Crippen LogP contribution in [-0.2, 0) is 16.9 Å². The van der Waals surface area contributed by atoms with Crippen molar-refractivity contribution in [2.45, 2.75) is 13.3 Å². The van der Waals surface area contributed by atoms with Crippen LogP contribution in [0.2, 0.25) is 0 Å². The first kappa shape index (κ1) is 13.3. The lowest BCUT2D eigenvalue weighted by Crippen LogP contribution is -2.02. The van der Waals surface area contributed by atoms with Crippen LogP contribution in [0.15, 0.2) is 34.7 Å². The molecule has 15 heavy (non-hydrogen) atoms. The van der Waals surface area contributed by atoms with Gasteiger partial charge in [0.15, 0.2) is 0 Å². The van der Waals surface area contributed by atoms with E-state index >= 15 is 0 Å². The fraction of sp³-hybridized carbons (Fsp3) is 0.222. The molecule has 0 saturated carbocycles. The number of nitrogens with zero attached hydrogens (tertiary/aromatic N) is 1. The van der Waals surface area contributed by atoms with Gasteiger partial charge in [-0.25, -0.2) is 4.79 Å². The molecule has 0 atom stereocenters. The summed E-state index contributed by atoms with van der Waals surface area (Å²) in [5, 5.41) is 0. The number of hydrogen-bond acceptors (Lipinski definition) is 3. The van der Waals surface area contributed by atoms with Gasteiger partial charge in [-0.3, -0.25) is 0 Å². The van der Waals surface area contributed by atoms with E-state index in [-0.39, 0.29) is 0 Å². The standard InChI is InChI=1S/C8H10.CH2N2O3S/c1-2-8-6-4-3-5-7-8;2-1(4)3-7(5)6/h3-7H,2H2,1H3;(H2,2,4). The number of carbonyl (C=O) groups is 1. The Hall–Kier alpha value is -1.69. The number of carbonyl (C=O) groups excluding carboxylic acids is 1. The molecule has 0 spiro atoms. The van der Waals surface area contributed by atoms with Crippen LogP contribution in [0, 0.1) is 0 Å². The fourth-order valence-corrected chi connectivity index (χ4v) is 0.934. The Labute approximate surface area is 89.6 Å². The lowest BCUT2D eigenvalue weighted by Gasteiger charge is -1.89. The Morgan fingerprint density at radius 3 is 2.07 bits per heavy atom. The van der Waals surface area contributed by atoms with Gasteiger partial charge in [0.05, 0.1) is 0 Å². The number of nitrogens with two attached hydrogens (primary N) is 1. The minimum Gasteiger partial charge on any atom is -0.349 e. The molecule has 0 saturated heterocycles. The molecule has 0 aliphatic rings. The van der Waals surface area contributed by atoms with Gasteiger partial charge in [-0.15, -0.1) is 0 Å². The Morgan fingerprint density at radius 2 is 1.87 bits per heavy atom. The van der Waals surface area contributed by atoms with Crippen LogP contribution in [0.4, 0.5) is 4.79 Å². The zero-order valence-electron chi connectivity index (χ0n) is 8.25. The van der Waals surface area contributed by atoms with E-state index in [0.29, 0.717) is 0 Å². The monoisotopic (exact) mass is 228 g/mol. The summed E-state index contributed by atoms with van der Waals surface area (Å²) in [6.45, 7) is 2.16. The third-order valence-corrected chi connectivity index (χ3v) is 1.74. The van der Waals surface area contributed by atoms with Crippen molar-refractivity contribution in [1.29, 1.82) is 0 Å².